The topological polar surface area (TPSA) is 103 Å². The quantitative estimate of drug-likeness (QED) is 0.462. The molecule has 0 radical (unpaired) electrons. The lowest BCUT2D eigenvalue weighted by Gasteiger charge is -2.43. The molecule has 1 unspecified atom stereocenters. The van der Waals surface area contributed by atoms with Crippen molar-refractivity contribution in [3.63, 3.8) is 0 Å². The molecule has 2 aromatic heterocycles. The summed E-state index contributed by atoms with van der Waals surface area (Å²) in [6.07, 6.45) is -1.27. The van der Waals surface area contributed by atoms with E-state index in [4.69, 9.17) is 4.74 Å². The molecule has 3 aliphatic heterocycles. The van der Waals surface area contributed by atoms with Crippen molar-refractivity contribution < 1.29 is 36.3 Å². The second-order valence-corrected chi connectivity index (χ2v) is 12.1. The summed E-state index contributed by atoms with van der Waals surface area (Å²) in [4.78, 5) is 33.3. The summed E-state index contributed by atoms with van der Waals surface area (Å²) < 4.78 is 74.5. The van der Waals surface area contributed by atoms with Crippen molar-refractivity contribution in [3.8, 4) is 17.1 Å². The molecule has 2 amide bonds. The third-order valence-electron chi connectivity index (χ3n) is 8.45. The molecular formula is C28H35F5N6O3. The maximum absolute atomic E-state index is 14.4. The molecule has 5 atom stereocenters. The Morgan fingerprint density at radius 1 is 1.10 bits per heavy atom. The Balaban J connectivity index is 1.22. The van der Waals surface area contributed by atoms with Crippen molar-refractivity contribution in [2.24, 2.45) is 5.92 Å². The highest BCUT2D eigenvalue weighted by Gasteiger charge is 2.49. The van der Waals surface area contributed by atoms with Gasteiger partial charge in [-0.1, -0.05) is 0 Å². The second-order valence-electron chi connectivity index (χ2n) is 12.1. The lowest BCUT2D eigenvalue weighted by atomic mass is 9.88. The Kier molecular flexibility index (Phi) is 8.20. The van der Waals surface area contributed by atoms with Crippen LogP contribution in [0.3, 0.4) is 0 Å². The number of pyridine rings is 1. The van der Waals surface area contributed by atoms with Gasteiger partial charge in [0.2, 0.25) is 11.8 Å². The Morgan fingerprint density at radius 3 is 2.40 bits per heavy atom. The zero-order chi connectivity index (χ0) is 30.4. The van der Waals surface area contributed by atoms with Gasteiger partial charge in [0.05, 0.1) is 19.0 Å². The number of carbonyl (C=O) groups is 2. The Morgan fingerprint density at radius 2 is 1.79 bits per heavy atom. The molecule has 2 aromatic rings. The minimum absolute atomic E-state index is 0.0844. The molecule has 5 heterocycles. The van der Waals surface area contributed by atoms with E-state index in [0.29, 0.717) is 31.4 Å². The highest BCUT2D eigenvalue weighted by atomic mass is 19.4. The molecule has 42 heavy (non-hydrogen) atoms. The van der Waals surface area contributed by atoms with E-state index in [2.05, 4.69) is 20.5 Å². The number of methoxy groups -OCH3 is 1. The van der Waals surface area contributed by atoms with Crippen LogP contribution in [0.25, 0.3) is 11.3 Å². The number of hydrogen-bond donors (Lipinski definition) is 2. The summed E-state index contributed by atoms with van der Waals surface area (Å²) in [5, 5.41) is 9.73. The number of nitrogens with zero attached hydrogens (tertiary/aromatic N) is 4. The minimum Gasteiger partial charge on any atom is -0.481 e. The number of carbonyl (C=O) groups excluding carboxylic acids is 2. The molecule has 230 valence electrons. The average Bonchev–Trinajstić information content (AvgIpc) is 3.49. The maximum Gasteiger partial charge on any atom is 0.404 e. The van der Waals surface area contributed by atoms with Gasteiger partial charge in [0.25, 0.3) is 5.91 Å². The molecule has 9 nitrogen and oxygen atoms in total. The van der Waals surface area contributed by atoms with Crippen molar-refractivity contribution >= 4 is 11.8 Å². The number of nitrogens with one attached hydrogen (secondary N) is 2. The third-order valence-corrected chi connectivity index (χ3v) is 8.45. The van der Waals surface area contributed by atoms with Gasteiger partial charge < -0.3 is 15.0 Å². The molecule has 3 aliphatic rings. The molecule has 0 aromatic carbocycles. The standard InChI is InChI=1S/C28H35F5N6O3/c1-27(2,30)14-38-13-16(4-7-23(38)28(31,32)33)35-25(40)15-8-17-5-6-18(9-15)39(17)26(41)22-11-21(36-37-22)19-10-24(42-3)34-12-20(19)29/h10-12,15-18,23H,4-9,13-14H2,1-3H3,(H,35,40)(H,36,37)/t15?,16-,17-,18+,23-/m1/s1. The summed E-state index contributed by atoms with van der Waals surface area (Å²) >= 11 is 0. The number of rotatable bonds is 7. The van der Waals surface area contributed by atoms with E-state index >= 15 is 0 Å². The number of aromatic amines is 1. The lowest BCUT2D eigenvalue weighted by molar-refractivity contribution is -0.196. The fourth-order valence-corrected chi connectivity index (χ4v) is 6.67. The van der Waals surface area contributed by atoms with Crippen LogP contribution in [0.5, 0.6) is 5.88 Å². The molecule has 3 fully saturated rings. The maximum atomic E-state index is 14.4. The molecule has 5 rings (SSSR count). The van der Waals surface area contributed by atoms with Crippen LogP contribution in [-0.2, 0) is 4.79 Å². The largest absolute Gasteiger partial charge is 0.481 e. The van der Waals surface area contributed by atoms with Crippen LogP contribution in [0.1, 0.15) is 62.9 Å². The van der Waals surface area contributed by atoms with Crippen LogP contribution in [-0.4, -0.2) is 93.0 Å². The van der Waals surface area contributed by atoms with Gasteiger partial charge >= 0.3 is 6.18 Å². The number of H-pyrrole nitrogens is 1. The molecule has 0 spiro atoms. The average molecular weight is 599 g/mol. The van der Waals surface area contributed by atoms with E-state index in [0.717, 1.165) is 11.1 Å². The highest BCUT2D eigenvalue weighted by molar-refractivity contribution is 5.94. The fraction of sp³-hybridized carbons (Fsp3) is 0.643. The Labute approximate surface area is 240 Å². The van der Waals surface area contributed by atoms with Gasteiger partial charge in [0.15, 0.2) is 11.5 Å². The summed E-state index contributed by atoms with van der Waals surface area (Å²) in [6, 6.07) is 0.207. The van der Waals surface area contributed by atoms with E-state index in [1.807, 2.05) is 0 Å². The molecule has 2 bridgehead atoms. The first kappa shape index (κ1) is 30.2. The van der Waals surface area contributed by atoms with Crippen LogP contribution in [0.15, 0.2) is 18.3 Å². The van der Waals surface area contributed by atoms with E-state index < -0.39 is 35.7 Å². The summed E-state index contributed by atoms with van der Waals surface area (Å²) in [6.45, 7) is 2.01. The van der Waals surface area contributed by atoms with Crippen LogP contribution in [0.2, 0.25) is 0 Å². The lowest BCUT2D eigenvalue weighted by Crippen LogP contribution is -2.59. The van der Waals surface area contributed by atoms with Gasteiger partial charge in [-0.25, -0.2) is 13.8 Å². The van der Waals surface area contributed by atoms with E-state index in [9.17, 15) is 31.5 Å². The molecule has 0 saturated carbocycles. The molecule has 2 N–H and O–H groups in total. The summed E-state index contributed by atoms with van der Waals surface area (Å²) in [7, 11) is 1.41. The first-order chi connectivity index (χ1) is 19.7. The number of fused-ring (bicyclic) bond motifs is 2. The van der Waals surface area contributed by atoms with Crippen LogP contribution < -0.4 is 10.1 Å². The number of amides is 2. The van der Waals surface area contributed by atoms with Crippen molar-refractivity contribution in [2.45, 2.75) is 88.4 Å². The third kappa shape index (κ3) is 6.37. The van der Waals surface area contributed by atoms with Crippen molar-refractivity contribution in [3.05, 3.63) is 29.8 Å². The van der Waals surface area contributed by atoms with Crippen LogP contribution >= 0.6 is 0 Å². The van der Waals surface area contributed by atoms with Gasteiger partial charge in [-0.3, -0.25) is 19.6 Å². The number of likely N-dealkylation sites (tertiary alicyclic amines) is 1. The van der Waals surface area contributed by atoms with E-state index in [-0.39, 0.29) is 67.0 Å². The molecular weight excluding hydrogens is 563 g/mol. The number of hydrogen-bond acceptors (Lipinski definition) is 6. The monoisotopic (exact) mass is 598 g/mol. The van der Waals surface area contributed by atoms with Crippen LogP contribution in [0, 0.1) is 11.7 Å². The predicted octanol–water partition coefficient (Wildman–Crippen LogP) is 4.26. The fourth-order valence-electron chi connectivity index (χ4n) is 6.67. The van der Waals surface area contributed by atoms with E-state index in [1.165, 1.54) is 33.1 Å². The van der Waals surface area contributed by atoms with Crippen LogP contribution in [0.4, 0.5) is 22.0 Å². The molecule has 14 heteroatoms. The Hall–Kier alpha value is -3.29. The van der Waals surface area contributed by atoms with Gasteiger partial charge in [-0.15, -0.1) is 0 Å². The number of halogens is 5. The predicted molar refractivity (Wildman–Crippen MR) is 142 cm³/mol. The van der Waals surface area contributed by atoms with Crippen molar-refractivity contribution in [1.29, 1.82) is 0 Å². The zero-order valence-corrected chi connectivity index (χ0v) is 23.7. The van der Waals surface area contributed by atoms with Gasteiger partial charge in [0, 0.05) is 48.8 Å². The second kappa shape index (κ2) is 11.4. The first-order valence-corrected chi connectivity index (χ1v) is 14.1. The van der Waals surface area contributed by atoms with Crippen molar-refractivity contribution in [1.82, 2.24) is 30.3 Å². The molecule has 0 aliphatic carbocycles. The van der Waals surface area contributed by atoms with Crippen molar-refractivity contribution in [2.75, 3.05) is 20.2 Å². The van der Waals surface area contributed by atoms with Gasteiger partial charge in [0.1, 0.15) is 11.7 Å². The number of ether oxygens (including phenoxy) is 1. The Bertz CT molecular complexity index is 1300. The number of piperidine rings is 2. The van der Waals surface area contributed by atoms with Gasteiger partial charge in [-0.2, -0.15) is 18.3 Å². The van der Waals surface area contributed by atoms with Gasteiger partial charge in [-0.05, 0) is 58.4 Å². The smallest absolute Gasteiger partial charge is 0.404 e. The number of aromatic nitrogens is 3. The summed E-state index contributed by atoms with van der Waals surface area (Å²) in [5.41, 5.74) is -1.24. The highest BCUT2D eigenvalue weighted by Crippen LogP contribution is 2.40. The minimum atomic E-state index is -4.48. The summed E-state index contributed by atoms with van der Waals surface area (Å²) in [5.74, 6) is -1.36. The normalized spacial score (nSPS) is 26.8. The number of alkyl halides is 4. The first-order valence-electron chi connectivity index (χ1n) is 14.1. The zero-order valence-electron chi connectivity index (χ0n) is 23.7. The molecule has 3 saturated heterocycles. The van der Waals surface area contributed by atoms with E-state index in [1.54, 1.807) is 4.90 Å². The SMILES string of the molecule is COc1cc(-c2cc(C(=O)N3[C@@H]4CC[C@H]3CC(C(=O)N[C@@H]3CC[C@H](C(F)(F)F)N(CC(C)(C)F)C3)C4)n[nH]2)c(F)cn1.